The summed E-state index contributed by atoms with van der Waals surface area (Å²) in [7, 11) is 0. The van der Waals surface area contributed by atoms with E-state index >= 15 is 0 Å². The smallest absolute Gasteiger partial charge is 0.429 e. The maximum atomic E-state index is 14.7. The fourth-order valence-corrected chi connectivity index (χ4v) is 5.68. The number of aromatic nitrogens is 4. The molecule has 2 aliphatic rings. The Hall–Kier alpha value is -4.40. The van der Waals surface area contributed by atoms with Gasteiger partial charge in [0.2, 0.25) is 17.9 Å². The highest BCUT2D eigenvalue weighted by atomic mass is 19.4. The Morgan fingerprint density at radius 1 is 1.20 bits per heavy atom. The van der Waals surface area contributed by atoms with Crippen molar-refractivity contribution in [3.8, 4) is 11.6 Å². The first-order valence-electron chi connectivity index (χ1n) is 14.3. The van der Waals surface area contributed by atoms with Crippen LogP contribution in [0.5, 0.6) is 5.88 Å². The molecule has 2 fully saturated rings. The van der Waals surface area contributed by atoms with Crippen molar-refractivity contribution in [2.24, 2.45) is 5.41 Å². The van der Waals surface area contributed by atoms with Gasteiger partial charge in [0.25, 0.3) is 0 Å². The van der Waals surface area contributed by atoms with Crippen LogP contribution in [0.1, 0.15) is 60.3 Å². The Morgan fingerprint density at radius 3 is 2.57 bits per heavy atom. The molecular weight excluding hydrogens is 583 g/mol. The van der Waals surface area contributed by atoms with Crippen LogP contribution < -0.4 is 20.7 Å². The molecule has 4 heterocycles. The van der Waals surface area contributed by atoms with Crippen molar-refractivity contribution in [1.82, 2.24) is 25.1 Å². The molecular formula is C29H34F3N7O5. The normalized spacial score (nSPS) is 18.8. The number of aryl methyl sites for hydroxylation is 1. The van der Waals surface area contributed by atoms with Crippen LogP contribution in [0.25, 0.3) is 5.69 Å². The molecule has 12 nitrogen and oxygen atoms in total. The number of alkyl halides is 3. The van der Waals surface area contributed by atoms with Crippen molar-refractivity contribution in [1.29, 1.82) is 0 Å². The van der Waals surface area contributed by atoms with Gasteiger partial charge in [-0.15, -0.1) is 0 Å². The molecule has 0 amide bonds. The van der Waals surface area contributed by atoms with E-state index in [1.807, 2.05) is 11.8 Å². The Labute approximate surface area is 251 Å². The van der Waals surface area contributed by atoms with Crippen LogP contribution in [0.4, 0.5) is 24.9 Å². The summed E-state index contributed by atoms with van der Waals surface area (Å²) in [6.07, 6.45) is -3.45. The van der Waals surface area contributed by atoms with E-state index in [0.29, 0.717) is 56.8 Å². The predicted molar refractivity (Wildman–Crippen MR) is 153 cm³/mol. The van der Waals surface area contributed by atoms with E-state index < -0.39 is 30.3 Å². The van der Waals surface area contributed by atoms with Gasteiger partial charge in [0.1, 0.15) is 11.9 Å². The Balaban J connectivity index is 1.43. The molecule has 5 rings (SSSR count). The molecule has 0 bridgehead atoms. The van der Waals surface area contributed by atoms with E-state index in [2.05, 4.69) is 20.4 Å². The lowest BCUT2D eigenvalue weighted by Gasteiger charge is -2.39. The van der Waals surface area contributed by atoms with Gasteiger partial charge in [0, 0.05) is 37.5 Å². The van der Waals surface area contributed by atoms with Gasteiger partial charge < -0.3 is 30.5 Å². The zero-order valence-electron chi connectivity index (χ0n) is 24.3. The predicted octanol–water partition coefficient (Wildman–Crippen LogP) is 3.84. The average Bonchev–Trinajstić information content (AvgIpc) is 3.60. The van der Waals surface area contributed by atoms with Crippen molar-refractivity contribution in [3.63, 3.8) is 0 Å². The highest BCUT2D eigenvalue weighted by molar-refractivity contribution is 5.90. The Kier molecular flexibility index (Phi) is 8.68. The van der Waals surface area contributed by atoms with Crippen LogP contribution in [-0.2, 0) is 9.53 Å². The van der Waals surface area contributed by atoms with Crippen LogP contribution in [0, 0.1) is 12.3 Å². The molecule has 236 valence electrons. The number of carbonyl (C=O) groups excluding carboxylic acids is 1. The fourth-order valence-electron chi connectivity index (χ4n) is 5.68. The second-order valence-corrected chi connectivity index (χ2v) is 11.2. The lowest BCUT2D eigenvalue weighted by Crippen LogP contribution is -2.41. The van der Waals surface area contributed by atoms with Crippen LogP contribution in [0.15, 0.2) is 36.5 Å². The molecule has 0 saturated carbocycles. The van der Waals surface area contributed by atoms with Crippen molar-refractivity contribution in [2.45, 2.75) is 57.9 Å². The summed E-state index contributed by atoms with van der Waals surface area (Å²) in [5.74, 6) is -1.88. The van der Waals surface area contributed by atoms with Crippen molar-refractivity contribution >= 4 is 23.7 Å². The summed E-state index contributed by atoms with van der Waals surface area (Å²) in [6, 6.07) is 6.06. The largest absolute Gasteiger partial charge is 0.480 e. The molecule has 0 radical (unpaired) electrons. The van der Waals surface area contributed by atoms with E-state index in [0.717, 1.165) is 0 Å². The van der Waals surface area contributed by atoms with Gasteiger partial charge in [-0.25, -0.2) is 9.48 Å². The molecule has 2 aliphatic heterocycles. The maximum absolute atomic E-state index is 14.7. The van der Waals surface area contributed by atoms with Crippen molar-refractivity contribution in [2.75, 3.05) is 36.9 Å². The lowest BCUT2D eigenvalue weighted by atomic mass is 9.76. The third kappa shape index (κ3) is 6.72. The van der Waals surface area contributed by atoms with Crippen LogP contribution in [-0.4, -0.2) is 75.3 Å². The number of anilines is 2. The third-order valence-corrected chi connectivity index (χ3v) is 8.00. The van der Waals surface area contributed by atoms with Crippen molar-refractivity contribution < 1.29 is 37.3 Å². The molecule has 44 heavy (non-hydrogen) atoms. The van der Waals surface area contributed by atoms with E-state index in [9.17, 15) is 27.9 Å². The number of halogens is 3. The molecule has 1 aromatic carbocycles. The topological polar surface area (TPSA) is 158 Å². The van der Waals surface area contributed by atoms with Gasteiger partial charge in [0.05, 0.1) is 23.6 Å². The van der Waals surface area contributed by atoms with Gasteiger partial charge in [-0.05, 0) is 56.2 Å². The van der Waals surface area contributed by atoms with Gasteiger partial charge in [-0.3, -0.25) is 4.79 Å². The first-order chi connectivity index (χ1) is 20.9. The number of nitrogens with one attached hydrogen (secondary N) is 1. The maximum Gasteiger partial charge on any atom is 0.429 e. The number of piperidine rings is 1. The zero-order chi connectivity index (χ0) is 31.6. The number of ether oxygens (including phenoxy) is 2. The zero-order valence-corrected chi connectivity index (χ0v) is 24.3. The van der Waals surface area contributed by atoms with Crippen LogP contribution in [0.2, 0.25) is 0 Å². The molecule has 2 aromatic heterocycles. The molecule has 4 N–H and O–H groups in total. The number of esters is 1. The third-order valence-electron chi connectivity index (χ3n) is 8.00. The summed E-state index contributed by atoms with van der Waals surface area (Å²) in [4.78, 5) is 34.0. The summed E-state index contributed by atoms with van der Waals surface area (Å²) in [5, 5.41) is 16.7. The number of nitrogens with zero attached hydrogens (tertiary/aromatic N) is 5. The fraction of sp³-hybridized carbons (Fsp3) is 0.483. The Morgan fingerprint density at radius 2 is 1.95 bits per heavy atom. The average molecular weight is 618 g/mol. The quantitative estimate of drug-likeness (QED) is 0.300. The number of carboxylic acid groups (broad SMARTS) is 1. The molecule has 2 saturated heterocycles. The molecule has 1 spiro atoms. The summed E-state index contributed by atoms with van der Waals surface area (Å²) < 4.78 is 55.9. The second kappa shape index (κ2) is 12.3. The van der Waals surface area contributed by atoms with Gasteiger partial charge in [-0.1, -0.05) is 13.0 Å². The van der Waals surface area contributed by atoms with Crippen LogP contribution in [0.3, 0.4) is 0 Å². The minimum absolute atomic E-state index is 0.0141. The Bertz CT molecular complexity index is 1520. The number of hydrogen-bond donors (Lipinski definition) is 3. The molecule has 3 aromatic rings. The minimum Gasteiger partial charge on any atom is -0.480 e. The minimum atomic E-state index is -4.89. The summed E-state index contributed by atoms with van der Waals surface area (Å²) in [6.45, 7) is 5.28. The van der Waals surface area contributed by atoms with Gasteiger partial charge in [0.15, 0.2) is 0 Å². The number of rotatable bonds is 9. The first-order valence-corrected chi connectivity index (χ1v) is 14.3. The highest BCUT2D eigenvalue weighted by Crippen LogP contribution is 2.42. The molecule has 2 atom stereocenters. The standard InChI is InChI=1S/C29H34F3N7O5/c1-3-12-43-26(42)18-4-5-19(21(13-18)39-9-6-17(2)37-39)24(29(30,31)32)44-23-14-22(35-27(33)36-23)38-10-7-28(8-11-38)15-20(25(40)41)34-16-28/h4-6,9,13-14,20,24,34H,3,7-8,10-12,15-16H2,1-2H3,(H,40,41)(H2,33,35,36)/t20-,24+/m0/s1. The summed E-state index contributed by atoms with van der Waals surface area (Å²) >= 11 is 0. The molecule has 15 heteroatoms. The second-order valence-electron chi connectivity index (χ2n) is 11.2. The number of carboxylic acids is 1. The summed E-state index contributed by atoms with van der Waals surface area (Å²) in [5.41, 5.74) is 6.06. The highest BCUT2D eigenvalue weighted by Gasteiger charge is 2.46. The molecule has 0 unspecified atom stereocenters. The van der Waals surface area contributed by atoms with Gasteiger partial charge >= 0.3 is 18.1 Å². The van der Waals surface area contributed by atoms with E-state index in [4.69, 9.17) is 15.2 Å². The number of hydrogen-bond acceptors (Lipinski definition) is 10. The van der Waals surface area contributed by atoms with E-state index in [1.165, 1.54) is 35.1 Å². The SMILES string of the molecule is CCCOC(=O)c1ccc([C@@H](Oc2cc(N3CCC4(CC3)CN[C@H](C(=O)O)C4)nc(N)n2)C(F)(F)F)c(-n2ccc(C)n2)c1. The van der Waals surface area contributed by atoms with Crippen LogP contribution >= 0.6 is 0 Å². The number of aliphatic carboxylic acids is 1. The van der Waals surface area contributed by atoms with Crippen molar-refractivity contribution in [3.05, 3.63) is 53.3 Å². The number of benzene rings is 1. The van der Waals surface area contributed by atoms with E-state index in [-0.39, 0.29) is 40.7 Å². The molecule has 0 aliphatic carbocycles. The van der Waals surface area contributed by atoms with Gasteiger partial charge in [-0.2, -0.15) is 28.2 Å². The first kappa shape index (κ1) is 31.0. The lowest BCUT2D eigenvalue weighted by molar-refractivity contribution is -0.198. The number of carbonyl (C=O) groups is 2. The monoisotopic (exact) mass is 617 g/mol. The number of nitrogen functional groups attached to an aromatic ring is 1. The number of nitrogens with two attached hydrogens (primary N) is 1. The van der Waals surface area contributed by atoms with E-state index in [1.54, 1.807) is 13.0 Å².